The Labute approximate surface area is 192 Å². The quantitative estimate of drug-likeness (QED) is 0.377. The lowest BCUT2D eigenvalue weighted by molar-refractivity contribution is -0.117. The highest BCUT2D eigenvalue weighted by atomic mass is 16.5. The molecule has 0 aliphatic heterocycles. The third-order valence-electron chi connectivity index (χ3n) is 5.88. The van der Waals surface area contributed by atoms with Gasteiger partial charge in [-0.2, -0.15) is 0 Å². The Morgan fingerprint density at radius 1 is 0.909 bits per heavy atom. The summed E-state index contributed by atoms with van der Waals surface area (Å²) in [6, 6.07) is 26.3. The number of nitrogens with one attached hydrogen (secondary N) is 1. The number of fused-ring (bicyclic) bond motifs is 1. The highest BCUT2D eigenvalue weighted by Gasteiger charge is 2.20. The van der Waals surface area contributed by atoms with Crippen LogP contribution in [0.5, 0.6) is 5.75 Å². The molecule has 0 bridgehead atoms. The predicted octanol–water partition coefficient (Wildman–Crippen LogP) is 5.88. The predicted molar refractivity (Wildman–Crippen MR) is 130 cm³/mol. The number of amides is 1. The number of hydrogen-bond donors (Lipinski definition) is 2. The molecule has 0 aliphatic carbocycles. The highest BCUT2D eigenvalue weighted by molar-refractivity contribution is 6.00. The number of rotatable bonds is 7. The van der Waals surface area contributed by atoms with Crippen LogP contribution < -0.4 is 10.1 Å². The smallest absolute Gasteiger partial charge is 0.335 e. The van der Waals surface area contributed by atoms with E-state index in [2.05, 4.69) is 5.32 Å². The number of benzene rings is 4. The van der Waals surface area contributed by atoms with Crippen molar-refractivity contribution in [2.24, 2.45) is 0 Å². The number of aromatic carboxylic acids is 1. The molecule has 0 spiro atoms. The van der Waals surface area contributed by atoms with Gasteiger partial charge in [-0.05, 0) is 58.7 Å². The molecule has 0 saturated heterocycles. The van der Waals surface area contributed by atoms with E-state index in [-0.39, 0.29) is 17.4 Å². The SMILES string of the molecule is COc1ccc(NC(=O)C(C)c2cccc3ccccc23)c(Cc2ccccc2C(=O)O)c1. The van der Waals surface area contributed by atoms with E-state index in [0.717, 1.165) is 21.9 Å². The van der Waals surface area contributed by atoms with Crippen LogP contribution in [-0.4, -0.2) is 24.1 Å². The Bertz CT molecular complexity index is 1320. The van der Waals surface area contributed by atoms with E-state index >= 15 is 0 Å². The molecule has 0 aromatic heterocycles. The van der Waals surface area contributed by atoms with E-state index in [1.807, 2.05) is 61.5 Å². The first kappa shape index (κ1) is 22.1. The van der Waals surface area contributed by atoms with E-state index in [4.69, 9.17) is 4.74 Å². The zero-order valence-electron chi connectivity index (χ0n) is 18.5. The van der Waals surface area contributed by atoms with Crippen molar-refractivity contribution in [2.75, 3.05) is 12.4 Å². The molecule has 2 N–H and O–H groups in total. The van der Waals surface area contributed by atoms with E-state index in [1.165, 1.54) is 0 Å². The van der Waals surface area contributed by atoms with Crippen molar-refractivity contribution in [2.45, 2.75) is 19.3 Å². The lowest BCUT2D eigenvalue weighted by atomic mass is 9.93. The summed E-state index contributed by atoms with van der Waals surface area (Å²) >= 11 is 0. The third-order valence-corrected chi connectivity index (χ3v) is 5.88. The molecule has 1 atom stereocenters. The fourth-order valence-corrected chi connectivity index (χ4v) is 4.06. The lowest BCUT2D eigenvalue weighted by Crippen LogP contribution is -2.20. The van der Waals surface area contributed by atoms with Gasteiger partial charge in [-0.15, -0.1) is 0 Å². The molecule has 0 radical (unpaired) electrons. The largest absolute Gasteiger partial charge is 0.497 e. The molecule has 0 fully saturated rings. The van der Waals surface area contributed by atoms with Crippen LogP contribution in [-0.2, 0) is 11.2 Å². The van der Waals surface area contributed by atoms with Crippen molar-refractivity contribution in [3.63, 3.8) is 0 Å². The maximum Gasteiger partial charge on any atom is 0.335 e. The van der Waals surface area contributed by atoms with E-state index < -0.39 is 5.97 Å². The summed E-state index contributed by atoms with van der Waals surface area (Å²) < 4.78 is 5.37. The van der Waals surface area contributed by atoms with Crippen molar-refractivity contribution in [1.29, 1.82) is 0 Å². The van der Waals surface area contributed by atoms with E-state index in [9.17, 15) is 14.7 Å². The summed E-state index contributed by atoms with van der Waals surface area (Å²) in [4.78, 5) is 24.9. The molecular formula is C28H25NO4. The topological polar surface area (TPSA) is 75.6 Å². The number of carboxylic acids is 1. The fraction of sp³-hybridized carbons (Fsp3) is 0.143. The molecular weight excluding hydrogens is 414 g/mol. The van der Waals surface area contributed by atoms with Crippen molar-refractivity contribution in [3.8, 4) is 5.75 Å². The second kappa shape index (κ2) is 9.57. The molecule has 4 aromatic carbocycles. The Morgan fingerprint density at radius 2 is 1.64 bits per heavy atom. The summed E-state index contributed by atoms with van der Waals surface area (Å²) in [6.45, 7) is 1.89. The molecule has 0 heterocycles. The fourth-order valence-electron chi connectivity index (χ4n) is 4.06. The molecule has 1 amide bonds. The number of carbonyl (C=O) groups excluding carboxylic acids is 1. The van der Waals surface area contributed by atoms with Gasteiger partial charge in [0.25, 0.3) is 0 Å². The number of anilines is 1. The molecule has 5 heteroatoms. The van der Waals surface area contributed by atoms with Crippen LogP contribution in [0.3, 0.4) is 0 Å². The van der Waals surface area contributed by atoms with Crippen LogP contribution >= 0.6 is 0 Å². The maximum absolute atomic E-state index is 13.3. The Morgan fingerprint density at radius 3 is 2.42 bits per heavy atom. The van der Waals surface area contributed by atoms with E-state index in [1.54, 1.807) is 37.4 Å². The number of carbonyl (C=O) groups is 2. The first-order chi connectivity index (χ1) is 16.0. The van der Waals surface area contributed by atoms with Crippen LogP contribution in [0.25, 0.3) is 10.8 Å². The van der Waals surface area contributed by atoms with Gasteiger partial charge in [0, 0.05) is 12.1 Å². The first-order valence-corrected chi connectivity index (χ1v) is 10.7. The summed E-state index contributed by atoms with van der Waals surface area (Å²) in [5.41, 5.74) is 3.27. The van der Waals surface area contributed by atoms with Crippen LogP contribution in [0, 0.1) is 0 Å². The molecule has 0 aliphatic rings. The average molecular weight is 440 g/mol. The summed E-state index contributed by atoms with van der Waals surface area (Å²) in [5.74, 6) is -0.858. The third kappa shape index (κ3) is 4.72. The number of methoxy groups -OCH3 is 1. The monoisotopic (exact) mass is 439 g/mol. The molecule has 166 valence electrons. The summed E-state index contributed by atoms with van der Waals surface area (Å²) in [5, 5.41) is 14.7. The second-order valence-electron chi connectivity index (χ2n) is 7.94. The summed E-state index contributed by atoms with van der Waals surface area (Å²) in [6.07, 6.45) is 0.345. The van der Waals surface area contributed by atoms with Crippen molar-refractivity contribution >= 4 is 28.3 Å². The molecule has 5 nitrogen and oxygen atoms in total. The summed E-state index contributed by atoms with van der Waals surface area (Å²) in [7, 11) is 1.57. The minimum Gasteiger partial charge on any atom is -0.497 e. The maximum atomic E-state index is 13.3. The van der Waals surface area contributed by atoms with Gasteiger partial charge >= 0.3 is 5.97 Å². The van der Waals surface area contributed by atoms with Gasteiger partial charge in [0.15, 0.2) is 0 Å². The molecule has 1 unspecified atom stereocenters. The van der Waals surface area contributed by atoms with Gasteiger partial charge in [-0.3, -0.25) is 4.79 Å². The van der Waals surface area contributed by atoms with Crippen LogP contribution in [0.1, 0.15) is 39.9 Å². The highest BCUT2D eigenvalue weighted by Crippen LogP contribution is 2.29. The van der Waals surface area contributed by atoms with Gasteiger partial charge in [0.1, 0.15) is 5.75 Å². The molecule has 0 saturated carbocycles. The number of hydrogen-bond acceptors (Lipinski definition) is 3. The van der Waals surface area contributed by atoms with Gasteiger partial charge in [-0.25, -0.2) is 4.79 Å². The normalized spacial score (nSPS) is 11.7. The van der Waals surface area contributed by atoms with Crippen molar-refractivity contribution < 1.29 is 19.4 Å². The zero-order valence-corrected chi connectivity index (χ0v) is 18.5. The number of ether oxygens (including phenoxy) is 1. The van der Waals surface area contributed by atoms with Crippen LogP contribution in [0.2, 0.25) is 0 Å². The van der Waals surface area contributed by atoms with Crippen molar-refractivity contribution in [1.82, 2.24) is 0 Å². The van der Waals surface area contributed by atoms with Crippen LogP contribution in [0.15, 0.2) is 84.9 Å². The molecule has 4 rings (SSSR count). The average Bonchev–Trinajstić information content (AvgIpc) is 2.84. The second-order valence-corrected chi connectivity index (χ2v) is 7.94. The Hall–Kier alpha value is -4.12. The van der Waals surface area contributed by atoms with Crippen molar-refractivity contribution in [3.05, 3.63) is 107 Å². The Balaban J connectivity index is 1.65. The minimum absolute atomic E-state index is 0.135. The minimum atomic E-state index is -0.983. The van der Waals surface area contributed by atoms with Crippen LogP contribution in [0.4, 0.5) is 5.69 Å². The number of carboxylic acid groups (broad SMARTS) is 1. The molecule has 4 aromatic rings. The molecule has 33 heavy (non-hydrogen) atoms. The van der Waals surface area contributed by atoms with Gasteiger partial charge in [-0.1, -0.05) is 60.7 Å². The van der Waals surface area contributed by atoms with Gasteiger partial charge in [0.2, 0.25) is 5.91 Å². The van der Waals surface area contributed by atoms with E-state index in [0.29, 0.717) is 23.4 Å². The van der Waals surface area contributed by atoms with Gasteiger partial charge in [0.05, 0.1) is 18.6 Å². The van der Waals surface area contributed by atoms with Gasteiger partial charge < -0.3 is 15.2 Å². The first-order valence-electron chi connectivity index (χ1n) is 10.7. The zero-order chi connectivity index (χ0) is 23.4. The lowest BCUT2D eigenvalue weighted by Gasteiger charge is -2.18. The Kier molecular flexibility index (Phi) is 6.41. The standard InChI is InChI=1S/C28H25NO4/c1-18(23-13-7-10-19-8-3-5-11-24(19)23)27(30)29-26-15-14-22(33-2)17-21(26)16-20-9-4-6-12-25(20)28(31)32/h3-15,17-18H,16H2,1-2H3,(H,29,30)(H,31,32).